The predicted molar refractivity (Wildman–Crippen MR) is 63.2 cm³/mol. The minimum absolute atomic E-state index is 0.154. The van der Waals surface area contributed by atoms with Crippen molar-refractivity contribution in [1.82, 2.24) is 25.5 Å². The molecule has 1 N–H and O–H groups in total. The van der Waals surface area contributed by atoms with E-state index in [1.165, 1.54) is 10.7 Å². The second-order valence-corrected chi connectivity index (χ2v) is 3.85. The number of nitrogens with one attached hydrogen (secondary N) is 1. The number of hydrogen-bond donors (Lipinski definition) is 1. The van der Waals surface area contributed by atoms with Crippen LogP contribution in [0, 0.1) is 15.9 Å². The number of halogens is 1. The van der Waals surface area contributed by atoms with E-state index >= 15 is 0 Å². The third kappa shape index (κ3) is 2.40. The SMILES string of the molecule is CNC(C)c1nnnn1-c1ccc(F)c([N+](=O)[O-])c1. The molecule has 0 amide bonds. The van der Waals surface area contributed by atoms with Crippen LogP contribution in [-0.2, 0) is 0 Å². The van der Waals surface area contributed by atoms with Crippen LogP contribution in [0.1, 0.15) is 18.8 Å². The molecule has 0 bridgehead atoms. The van der Waals surface area contributed by atoms with E-state index in [9.17, 15) is 14.5 Å². The summed E-state index contributed by atoms with van der Waals surface area (Å²) in [6.07, 6.45) is 0. The smallest absolute Gasteiger partial charge is 0.306 e. The van der Waals surface area contributed by atoms with Crippen LogP contribution in [0.5, 0.6) is 0 Å². The summed E-state index contributed by atoms with van der Waals surface area (Å²) in [4.78, 5) is 9.92. The van der Waals surface area contributed by atoms with Gasteiger partial charge >= 0.3 is 5.69 Å². The molecule has 0 saturated heterocycles. The molecule has 100 valence electrons. The molecule has 1 atom stereocenters. The number of hydrogen-bond acceptors (Lipinski definition) is 6. The van der Waals surface area contributed by atoms with Crippen molar-refractivity contribution in [1.29, 1.82) is 0 Å². The first-order chi connectivity index (χ1) is 9.04. The Morgan fingerprint density at radius 1 is 1.53 bits per heavy atom. The second-order valence-electron chi connectivity index (χ2n) is 3.85. The molecule has 9 heteroatoms. The van der Waals surface area contributed by atoms with Crippen LogP contribution in [0.15, 0.2) is 18.2 Å². The van der Waals surface area contributed by atoms with E-state index in [2.05, 4.69) is 20.8 Å². The van der Waals surface area contributed by atoms with Crippen LogP contribution in [-0.4, -0.2) is 32.2 Å². The molecular weight excluding hydrogens is 255 g/mol. The Balaban J connectivity index is 2.51. The monoisotopic (exact) mass is 266 g/mol. The molecule has 0 aliphatic rings. The molecule has 0 radical (unpaired) electrons. The zero-order chi connectivity index (χ0) is 14.0. The lowest BCUT2D eigenvalue weighted by Gasteiger charge is -2.10. The van der Waals surface area contributed by atoms with Gasteiger partial charge in [0.2, 0.25) is 5.82 Å². The number of benzene rings is 1. The van der Waals surface area contributed by atoms with Crippen molar-refractivity contribution >= 4 is 5.69 Å². The summed E-state index contributed by atoms with van der Waals surface area (Å²) in [6.45, 7) is 1.83. The Kier molecular flexibility index (Phi) is 3.47. The number of nitro groups is 1. The lowest BCUT2D eigenvalue weighted by Crippen LogP contribution is -2.17. The fraction of sp³-hybridized carbons (Fsp3) is 0.300. The molecule has 2 aromatic rings. The lowest BCUT2D eigenvalue weighted by atomic mass is 10.2. The van der Waals surface area contributed by atoms with Crippen molar-refractivity contribution in [3.63, 3.8) is 0 Å². The van der Waals surface area contributed by atoms with Gasteiger partial charge in [-0.25, -0.2) is 0 Å². The van der Waals surface area contributed by atoms with E-state index in [-0.39, 0.29) is 6.04 Å². The van der Waals surface area contributed by atoms with Crippen LogP contribution >= 0.6 is 0 Å². The maximum atomic E-state index is 13.3. The third-order valence-corrected chi connectivity index (χ3v) is 2.68. The highest BCUT2D eigenvalue weighted by atomic mass is 19.1. The summed E-state index contributed by atoms with van der Waals surface area (Å²) < 4.78 is 14.6. The van der Waals surface area contributed by atoms with E-state index in [1.54, 1.807) is 7.05 Å². The molecule has 0 saturated carbocycles. The molecular formula is C10H11FN6O2. The molecule has 0 spiro atoms. The average molecular weight is 266 g/mol. The van der Waals surface area contributed by atoms with Crippen molar-refractivity contribution in [2.75, 3.05) is 7.05 Å². The summed E-state index contributed by atoms with van der Waals surface area (Å²) >= 11 is 0. The van der Waals surface area contributed by atoms with Crippen LogP contribution < -0.4 is 5.32 Å². The Hall–Kier alpha value is -2.42. The fourth-order valence-electron chi connectivity index (χ4n) is 1.55. The average Bonchev–Trinajstić information content (AvgIpc) is 2.87. The van der Waals surface area contributed by atoms with Gasteiger partial charge < -0.3 is 5.32 Å². The predicted octanol–water partition coefficient (Wildman–Crippen LogP) is 0.990. The Morgan fingerprint density at radius 2 is 2.26 bits per heavy atom. The molecule has 1 unspecified atom stereocenters. The van der Waals surface area contributed by atoms with Gasteiger partial charge in [-0.3, -0.25) is 10.1 Å². The van der Waals surface area contributed by atoms with Crippen molar-refractivity contribution in [2.45, 2.75) is 13.0 Å². The quantitative estimate of drug-likeness (QED) is 0.654. The molecule has 1 aromatic heterocycles. The van der Waals surface area contributed by atoms with Gasteiger partial charge in [0.1, 0.15) is 0 Å². The zero-order valence-electron chi connectivity index (χ0n) is 10.2. The summed E-state index contributed by atoms with van der Waals surface area (Å²) in [5.74, 6) is -0.423. The van der Waals surface area contributed by atoms with Gasteiger partial charge in [0, 0.05) is 6.07 Å². The van der Waals surface area contributed by atoms with E-state index in [4.69, 9.17) is 0 Å². The molecule has 1 aromatic carbocycles. The maximum Gasteiger partial charge on any atom is 0.306 e. The van der Waals surface area contributed by atoms with Gasteiger partial charge in [0.15, 0.2) is 5.82 Å². The Bertz CT molecular complexity index is 614. The minimum Gasteiger partial charge on any atom is -0.311 e. The Labute approximate surface area is 107 Å². The minimum atomic E-state index is -0.898. The van der Waals surface area contributed by atoms with E-state index in [0.717, 1.165) is 12.1 Å². The first-order valence-corrected chi connectivity index (χ1v) is 5.44. The lowest BCUT2D eigenvalue weighted by molar-refractivity contribution is -0.387. The first-order valence-electron chi connectivity index (χ1n) is 5.44. The van der Waals surface area contributed by atoms with Crippen LogP contribution in [0.2, 0.25) is 0 Å². The highest BCUT2D eigenvalue weighted by Gasteiger charge is 2.19. The number of rotatable bonds is 4. The molecule has 19 heavy (non-hydrogen) atoms. The van der Waals surface area contributed by atoms with Crippen molar-refractivity contribution in [3.8, 4) is 5.69 Å². The normalized spacial score (nSPS) is 12.4. The topological polar surface area (TPSA) is 98.8 Å². The number of nitro benzene ring substituents is 1. The molecule has 0 aliphatic carbocycles. The van der Waals surface area contributed by atoms with E-state index < -0.39 is 16.4 Å². The second kappa shape index (κ2) is 5.06. The van der Waals surface area contributed by atoms with Crippen LogP contribution in [0.25, 0.3) is 5.69 Å². The first kappa shape index (κ1) is 13.0. The maximum absolute atomic E-state index is 13.3. The molecule has 0 fully saturated rings. The largest absolute Gasteiger partial charge is 0.311 e. The van der Waals surface area contributed by atoms with Gasteiger partial charge in [-0.2, -0.15) is 9.07 Å². The van der Waals surface area contributed by atoms with Crippen LogP contribution in [0.4, 0.5) is 10.1 Å². The summed E-state index contributed by atoms with van der Waals surface area (Å²) in [5.41, 5.74) is -0.286. The molecule has 8 nitrogen and oxygen atoms in total. The number of tetrazole rings is 1. The van der Waals surface area contributed by atoms with Gasteiger partial charge in [0.25, 0.3) is 0 Å². The van der Waals surface area contributed by atoms with Gasteiger partial charge in [-0.1, -0.05) is 0 Å². The Morgan fingerprint density at radius 3 is 2.89 bits per heavy atom. The van der Waals surface area contributed by atoms with Gasteiger partial charge in [-0.05, 0) is 36.5 Å². The number of aromatic nitrogens is 4. The van der Waals surface area contributed by atoms with E-state index in [0.29, 0.717) is 11.5 Å². The molecule has 0 aliphatic heterocycles. The van der Waals surface area contributed by atoms with Gasteiger partial charge in [-0.15, -0.1) is 5.10 Å². The fourth-order valence-corrected chi connectivity index (χ4v) is 1.55. The van der Waals surface area contributed by atoms with Gasteiger partial charge in [0.05, 0.1) is 16.7 Å². The standard InChI is InChI=1S/C10H11FN6O2/c1-6(12-2)10-13-14-15-16(10)7-3-4-8(11)9(5-7)17(18)19/h3-6,12H,1-2H3. The van der Waals surface area contributed by atoms with E-state index in [1.807, 2.05) is 6.92 Å². The van der Waals surface area contributed by atoms with Crippen molar-refractivity contribution in [3.05, 3.63) is 40.0 Å². The molecule has 1 heterocycles. The zero-order valence-corrected chi connectivity index (χ0v) is 10.2. The summed E-state index contributed by atoms with van der Waals surface area (Å²) in [6, 6.07) is 3.34. The van der Waals surface area contributed by atoms with Crippen molar-refractivity contribution < 1.29 is 9.31 Å². The summed E-state index contributed by atoms with van der Waals surface area (Å²) in [5, 5.41) is 24.8. The summed E-state index contributed by atoms with van der Waals surface area (Å²) in [7, 11) is 1.73. The number of nitrogens with zero attached hydrogens (tertiary/aromatic N) is 5. The highest BCUT2D eigenvalue weighted by molar-refractivity contribution is 5.44. The molecule has 2 rings (SSSR count). The highest BCUT2D eigenvalue weighted by Crippen LogP contribution is 2.22. The van der Waals surface area contributed by atoms with Crippen molar-refractivity contribution in [2.24, 2.45) is 0 Å². The van der Waals surface area contributed by atoms with Crippen LogP contribution in [0.3, 0.4) is 0 Å². The third-order valence-electron chi connectivity index (χ3n) is 2.68.